The molecule has 0 atom stereocenters. The van der Waals surface area contributed by atoms with Gasteiger partial charge in [0.25, 0.3) is 5.91 Å². The molecule has 1 aliphatic carbocycles. The Morgan fingerprint density at radius 2 is 1.93 bits per heavy atom. The number of hydrogen-bond donors (Lipinski definition) is 2. The highest BCUT2D eigenvalue weighted by Crippen LogP contribution is 2.68. The van der Waals surface area contributed by atoms with Gasteiger partial charge >= 0.3 is 0 Å². The molecule has 1 fully saturated rings. The highest BCUT2D eigenvalue weighted by molar-refractivity contribution is 6.21. The highest BCUT2D eigenvalue weighted by atomic mass is 19.1. The number of nitrogens with one attached hydrogen (secondary N) is 2. The Bertz CT molecular complexity index is 1070. The summed E-state index contributed by atoms with van der Waals surface area (Å²) in [4.78, 5) is 30.6. The van der Waals surface area contributed by atoms with Gasteiger partial charge in [-0.25, -0.2) is 9.82 Å². The average molecular weight is 368 g/mol. The van der Waals surface area contributed by atoms with Crippen molar-refractivity contribution in [3.63, 3.8) is 0 Å². The third-order valence-electron chi connectivity index (χ3n) is 7.04. The molecule has 1 aromatic heterocycles. The van der Waals surface area contributed by atoms with Gasteiger partial charge in [0.2, 0.25) is 5.91 Å². The number of rotatable bonds is 1. The summed E-state index contributed by atoms with van der Waals surface area (Å²) in [5, 5.41) is 4.92. The number of aromatic amines is 1. The van der Waals surface area contributed by atoms with Crippen LogP contribution in [0.15, 0.2) is 17.2 Å². The van der Waals surface area contributed by atoms with Crippen LogP contribution in [0.2, 0.25) is 0 Å². The van der Waals surface area contributed by atoms with E-state index >= 15 is 0 Å². The zero-order valence-corrected chi connectivity index (χ0v) is 15.7. The zero-order valence-electron chi connectivity index (χ0n) is 15.7. The summed E-state index contributed by atoms with van der Waals surface area (Å²) in [7, 11) is 0. The fourth-order valence-corrected chi connectivity index (χ4v) is 4.90. The second kappa shape index (κ2) is 4.77. The SMILES string of the molecule is CC1(C)C(C(=O)N2CC3=NNC(=O)c4cc(F)cc5[nH]c(c3c45)C2)C1(C)C. The van der Waals surface area contributed by atoms with Crippen LogP contribution in [-0.4, -0.2) is 34.0 Å². The predicted molar refractivity (Wildman–Crippen MR) is 98.7 cm³/mol. The maximum atomic E-state index is 14.0. The molecule has 0 radical (unpaired) electrons. The molecule has 1 aromatic carbocycles. The number of amides is 2. The standard InChI is InChI=1S/C20H21FN4O2/c1-19(2)16(20(19,3)4)18(27)25-7-12-15-13(8-25)23-24-17(26)10-5-9(21)6-11(22-12)14(10)15/h5-6,16,22H,7-8H2,1-4H3,(H,24,26). The van der Waals surface area contributed by atoms with Crippen LogP contribution in [0.1, 0.15) is 49.3 Å². The van der Waals surface area contributed by atoms with E-state index < -0.39 is 11.7 Å². The molecular weight excluding hydrogens is 347 g/mol. The van der Waals surface area contributed by atoms with E-state index in [1.807, 2.05) is 0 Å². The number of hydrazone groups is 1. The lowest BCUT2D eigenvalue weighted by Gasteiger charge is -2.28. The predicted octanol–water partition coefficient (Wildman–Crippen LogP) is 2.78. The molecule has 1 saturated carbocycles. The number of carbonyl (C=O) groups excluding carboxylic acids is 2. The molecule has 0 spiro atoms. The van der Waals surface area contributed by atoms with E-state index in [9.17, 15) is 14.0 Å². The van der Waals surface area contributed by atoms with Crippen molar-refractivity contribution in [1.29, 1.82) is 0 Å². The molecule has 0 unspecified atom stereocenters. The molecule has 5 rings (SSSR count). The molecular formula is C20H21FN4O2. The van der Waals surface area contributed by atoms with Gasteiger partial charge in [-0.05, 0) is 23.0 Å². The third-order valence-corrected chi connectivity index (χ3v) is 7.04. The Morgan fingerprint density at radius 1 is 1.22 bits per heavy atom. The molecule has 140 valence electrons. The molecule has 2 N–H and O–H groups in total. The van der Waals surface area contributed by atoms with Gasteiger partial charge in [-0.1, -0.05) is 27.7 Å². The molecule has 0 bridgehead atoms. The molecule has 2 amide bonds. The number of benzene rings is 1. The average Bonchev–Trinajstić information content (AvgIpc) is 2.84. The minimum atomic E-state index is -0.482. The van der Waals surface area contributed by atoms with E-state index in [0.717, 1.165) is 11.3 Å². The minimum Gasteiger partial charge on any atom is -0.356 e. The number of aromatic nitrogens is 1. The minimum absolute atomic E-state index is 0.0510. The molecule has 6 nitrogen and oxygen atoms in total. The van der Waals surface area contributed by atoms with E-state index in [1.54, 1.807) is 4.90 Å². The van der Waals surface area contributed by atoms with Crippen molar-refractivity contribution < 1.29 is 14.0 Å². The molecule has 27 heavy (non-hydrogen) atoms. The number of H-pyrrole nitrogens is 1. The first-order valence-corrected chi connectivity index (χ1v) is 9.13. The van der Waals surface area contributed by atoms with Crippen LogP contribution in [0.3, 0.4) is 0 Å². The first-order chi connectivity index (χ1) is 12.6. The van der Waals surface area contributed by atoms with Crippen molar-refractivity contribution in [3.05, 3.63) is 34.8 Å². The third kappa shape index (κ3) is 1.97. The number of hydrogen-bond acceptors (Lipinski definition) is 3. The summed E-state index contributed by atoms with van der Waals surface area (Å²) in [6.07, 6.45) is 0. The monoisotopic (exact) mass is 368 g/mol. The molecule has 2 aliphatic heterocycles. The van der Waals surface area contributed by atoms with Gasteiger partial charge in [-0.15, -0.1) is 0 Å². The summed E-state index contributed by atoms with van der Waals surface area (Å²) in [6.45, 7) is 9.20. The van der Waals surface area contributed by atoms with Crippen molar-refractivity contribution in [1.82, 2.24) is 15.3 Å². The fourth-order valence-electron chi connectivity index (χ4n) is 4.90. The second-order valence-electron chi connectivity index (χ2n) is 8.92. The smallest absolute Gasteiger partial charge is 0.272 e. The first-order valence-electron chi connectivity index (χ1n) is 9.13. The summed E-state index contributed by atoms with van der Waals surface area (Å²) in [6, 6.07) is 2.61. The quantitative estimate of drug-likeness (QED) is 0.812. The molecule has 0 saturated heterocycles. The lowest BCUT2D eigenvalue weighted by Crippen LogP contribution is -2.41. The van der Waals surface area contributed by atoms with Gasteiger partial charge in [0.15, 0.2) is 0 Å². The normalized spacial score (nSPS) is 22.3. The first kappa shape index (κ1) is 16.5. The highest BCUT2D eigenvalue weighted by Gasteiger charge is 2.69. The molecule has 3 heterocycles. The van der Waals surface area contributed by atoms with Crippen LogP contribution in [0.25, 0.3) is 10.9 Å². The lowest BCUT2D eigenvalue weighted by atomic mass is 9.97. The van der Waals surface area contributed by atoms with Gasteiger partial charge in [0.05, 0.1) is 29.9 Å². The van der Waals surface area contributed by atoms with Crippen molar-refractivity contribution in [2.24, 2.45) is 21.8 Å². The van der Waals surface area contributed by atoms with Crippen molar-refractivity contribution in [2.75, 3.05) is 6.54 Å². The molecule has 2 aromatic rings. The Balaban J connectivity index is 1.61. The number of nitrogens with zero attached hydrogens (tertiary/aromatic N) is 2. The van der Waals surface area contributed by atoms with E-state index in [0.29, 0.717) is 29.7 Å². The van der Waals surface area contributed by atoms with E-state index in [1.165, 1.54) is 12.1 Å². The van der Waals surface area contributed by atoms with Gasteiger partial charge < -0.3 is 9.88 Å². The Hall–Kier alpha value is -2.70. The molecule has 3 aliphatic rings. The second-order valence-corrected chi connectivity index (χ2v) is 8.92. The fraction of sp³-hybridized carbons (Fsp3) is 0.450. The summed E-state index contributed by atoms with van der Waals surface area (Å²) in [5.41, 5.74) is 5.45. The van der Waals surface area contributed by atoms with Crippen molar-refractivity contribution in [3.8, 4) is 0 Å². The van der Waals surface area contributed by atoms with Crippen LogP contribution in [0.5, 0.6) is 0 Å². The topological polar surface area (TPSA) is 77.6 Å². The number of halogens is 1. The van der Waals surface area contributed by atoms with Gasteiger partial charge in [0.1, 0.15) is 5.82 Å². The van der Waals surface area contributed by atoms with Gasteiger partial charge in [0, 0.05) is 22.6 Å². The van der Waals surface area contributed by atoms with E-state index in [-0.39, 0.29) is 28.2 Å². The van der Waals surface area contributed by atoms with E-state index in [2.05, 4.69) is 43.2 Å². The van der Waals surface area contributed by atoms with Gasteiger partial charge in [-0.2, -0.15) is 5.10 Å². The van der Waals surface area contributed by atoms with Gasteiger partial charge in [-0.3, -0.25) is 9.59 Å². The summed E-state index contributed by atoms with van der Waals surface area (Å²) >= 11 is 0. The van der Waals surface area contributed by atoms with Crippen LogP contribution in [0, 0.1) is 22.6 Å². The van der Waals surface area contributed by atoms with Crippen molar-refractivity contribution in [2.45, 2.75) is 34.2 Å². The Labute approximate surface area is 155 Å². The van der Waals surface area contributed by atoms with Crippen LogP contribution in [0.4, 0.5) is 4.39 Å². The Kier molecular flexibility index (Phi) is 2.91. The summed E-state index contributed by atoms with van der Waals surface area (Å²) in [5.74, 6) is -0.876. The molecule has 7 heteroatoms. The Morgan fingerprint density at radius 3 is 2.59 bits per heavy atom. The zero-order chi connectivity index (χ0) is 19.3. The maximum absolute atomic E-state index is 14.0. The summed E-state index contributed by atoms with van der Waals surface area (Å²) < 4.78 is 14.0. The van der Waals surface area contributed by atoms with Crippen LogP contribution < -0.4 is 5.43 Å². The van der Waals surface area contributed by atoms with E-state index in [4.69, 9.17) is 0 Å². The lowest BCUT2D eigenvalue weighted by molar-refractivity contribution is -0.133. The number of carbonyl (C=O) groups is 2. The van der Waals surface area contributed by atoms with Crippen molar-refractivity contribution >= 4 is 28.4 Å². The van der Waals surface area contributed by atoms with Crippen LogP contribution in [-0.2, 0) is 11.3 Å². The maximum Gasteiger partial charge on any atom is 0.272 e. The largest absolute Gasteiger partial charge is 0.356 e. The van der Waals surface area contributed by atoms with Crippen LogP contribution >= 0.6 is 0 Å².